The quantitative estimate of drug-likeness (QED) is 0.780. The maximum Gasteiger partial charge on any atom is 0.0423 e. The summed E-state index contributed by atoms with van der Waals surface area (Å²) >= 11 is 3.59. The molecule has 0 radical (unpaired) electrons. The van der Waals surface area contributed by atoms with Crippen molar-refractivity contribution in [2.45, 2.75) is 26.3 Å². The van der Waals surface area contributed by atoms with Crippen LogP contribution in [-0.2, 0) is 0 Å². The van der Waals surface area contributed by atoms with Crippen LogP contribution in [-0.4, -0.2) is 45.7 Å². The Morgan fingerprint density at radius 3 is 2.50 bits per heavy atom. The minimum Gasteiger partial charge on any atom is -0.373 e. The molecule has 1 aromatic rings. The Morgan fingerprint density at radius 1 is 1.20 bits per heavy atom. The van der Waals surface area contributed by atoms with Crippen LogP contribution < -0.4 is 10.2 Å². The maximum absolute atomic E-state index is 3.59. The standard InChI is InChI=1S/C16H28BrN3/c1-6-9-18-13(2)15-8-7-14(17)12-16(15)20(5)11-10-19(3)4/h7-8,12-13,18H,6,9-11H2,1-5H3. The molecule has 1 atom stereocenters. The van der Waals surface area contributed by atoms with E-state index < -0.39 is 0 Å². The Hall–Kier alpha value is -0.580. The van der Waals surface area contributed by atoms with E-state index in [9.17, 15) is 0 Å². The van der Waals surface area contributed by atoms with E-state index in [1.807, 2.05) is 0 Å². The fourth-order valence-electron chi connectivity index (χ4n) is 2.15. The van der Waals surface area contributed by atoms with Gasteiger partial charge in [-0.05, 0) is 51.7 Å². The predicted octanol–water partition coefficient (Wildman–Crippen LogP) is 3.51. The molecule has 0 amide bonds. The van der Waals surface area contributed by atoms with Gasteiger partial charge in [-0.3, -0.25) is 0 Å². The van der Waals surface area contributed by atoms with E-state index >= 15 is 0 Å². The molecule has 1 unspecified atom stereocenters. The molecule has 0 aromatic heterocycles. The van der Waals surface area contributed by atoms with Crippen molar-refractivity contribution in [2.75, 3.05) is 45.7 Å². The molecular weight excluding hydrogens is 314 g/mol. The van der Waals surface area contributed by atoms with Crippen molar-refractivity contribution in [3.63, 3.8) is 0 Å². The minimum atomic E-state index is 0.375. The molecule has 0 spiro atoms. The van der Waals surface area contributed by atoms with Crippen LogP contribution in [0.4, 0.5) is 5.69 Å². The van der Waals surface area contributed by atoms with Crippen LogP contribution in [0.5, 0.6) is 0 Å². The van der Waals surface area contributed by atoms with Gasteiger partial charge in [-0.15, -0.1) is 0 Å². The largest absolute Gasteiger partial charge is 0.373 e. The number of nitrogens with zero attached hydrogens (tertiary/aromatic N) is 2. The van der Waals surface area contributed by atoms with Gasteiger partial charge in [0.05, 0.1) is 0 Å². The van der Waals surface area contributed by atoms with E-state index in [0.717, 1.165) is 30.5 Å². The monoisotopic (exact) mass is 341 g/mol. The van der Waals surface area contributed by atoms with Gasteiger partial charge in [-0.1, -0.05) is 28.9 Å². The van der Waals surface area contributed by atoms with E-state index in [-0.39, 0.29) is 0 Å². The van der Waals surface area contributed by atoms with Gasteiger partial charge in [0.25, 0.3) is 0 Å². The second-order valence-corrected chi connectivity index (χ2v) is 6.52. The lowest BCUT2D eigenvalue weighted by Crippen LogP contribution is -2.30. The van der Waals surface area contributed by atoms with Gasteiger partial charge in [0, 0.05) is 36.3 Å². The van der Waals surface area contributed by atoms with Crippen LogP contribution in [0.3, 0.4) is 0 Å². The third-order valence-electron chi connectivity index (χ3n) is 3.45. The van der Waals surface area contributed by atoms with E-state index in [1.54, 1.807) is 0 Å². The number of anilines is 1. The van der Waals surface area contributed by atoms with Crippen LogP contribution in [0.15, 0.2) is 22.7 Å². The first-order valence-corrected chi connectivity index (χ1v) is 8.13. The Kier molecular flexibility index (Phi) is 7.56. The third kappa shape index (κ3) is 5.43. The van der Waals surface area contributed by atoms with Crippen molar-refractivity contribution in [3.05, 3.63) is 28.2 Å². The summed E-state index contributed by atoms with van der Waals surface area (Å²) in [6.07, 6.45) is 1.16. The van der Waals surface area contributed by atoms with Gasteiger partial charge in [0.15, 0.2) is 0 Å². The highest BCUT2D eigenvalue weighted by molar-refractivity contribution is 9.10. The predicted molar refractivity (Wildman–Crippen MR) is 92.7 cm³/mol. The zero-order valence-electron chi connectivity index (χ0n) is 13.4. The molecule has 3 nitrogen and oxygen atoms in total. The van der Waals surface area contributed by atoms with E-state index in [2.05, 4.69) is 84.2 Å². The highest BCUT2D eigenvalue weighted by Crippen LogP contribution is 2.29. The molecule has 1 rings (SSSR count). The number of benzene rings is 1. The second kappa shape index (κ2) is 8.65. The van der Waals surface area contributed by atoms with Crippen LogP contribution in [0.2, 0.25) is 0 Å². The third-order valence-corrected chi connectivity index (χ3v) is 3.95. The normalized spacial score (nSPS) is 12.8. The van der Waals surface area contributed by atoms with Crippen molar-refractivity contribution in [1.82, 2.24) is 10.2 Å². The average Bonchev–Trinajstić information content (AvgIpc) is 2.41. The molecule has 114 valence electrons. The summed E-state index contributed by atoms with van der Waals surface area (Å²) in [7, 11) is 6.39. The highest BCUT2D eigenvalue weighted by Gasteiger charge is 2.13. The van der Waals surface area contributed by atoms with Crippen molar-refractivity contribution in [1.29, 1.82) is 0 Å². The maximum atomic E-state index is 3.59. The molecule has 0 bridgehead atoms. The van der Waals surface area contributed by atoms with Gasteiger partial charge >= 0.3 is 0 Å². The highest BCUT2D eigenvalue weighted by atomic mass is 79.9. The summed E-state index contributed by atoms with van der Waals surface area (Å²) < 4.78 is 1.13. The molecule has 4 heteroatoms. The summed E-state index contributed by atoms with van der Waals surface area (Å²) in [5.74, 6) is 0. The zero-order chi connectivity index (χ0) is 15.1. The van der Waals surface area contributed by atoms with Crippen molar-refractivity contribution >= 4 is 21.6 Å². The summed E-state index contributed by atoms with van der Waals surface area (Å²) in [4.78, 5) is 4.55. The fourth-order valence-corrected chi connectivity index (χ4v) is 2.50. The SMILES string of the molecule is CCCNC(C)c1ccc(Br)cc1N(C)CCN(C)C. The van der Waals surface area contributed by atoms with Gasteiger partial charge in [-0.25, -0.2) is 0 Å². The Morgan fingerprint density at radius 2 is 1.90 bits per heavy atom. The topological polar surface area (TPSA) is 18.5 Å². The number of likely N-dealkylation sites (N-methyl/N-ethyl adjacent to an activating group) is 2. The van der Waals surface area contributed by atoms with Gasteiger partial charge in [0.2, 0.25) is 0 Å². The van der Waals surface area contributed by atoms with Gasteiger partial charge in [0.1, 0.15) is 0 Å². The minimum absolute atomic E-state index is 0.375. The average molecular weight is 342 g/mol. The molecule has 0 aliphatic rings. The van der Waals surface area contributed by atoms with Crippen molar-refractivity contribution < 1.29 is 0 Å². The lowest BCUT2D eigenvalue weighted by molar-refractivity contribution is 0.416. The molecule has 1 N–H and O–H groups in total. The number of nitrogens with one attached hydrogen (secondary N) is 1. The Bertz CT molecular complexity index is 407. The van der Waals surface area contributed by atoms with E-state index in [4.69, 9.17) is 0 Å². The number of rotatable bonds is 8. The molecule has 20 heavy (non-hydrogen) atoms. The molecule has 0 aliphatic carbocycles. The zero-order valence-corrected chi connectivity index (χ0v) is 15.0. The number of hydrogen-bond donors (Lipinski definition) is 1. The lowest BCUT2D eigenvalue weighted by atomic mass is 10.1. The summed E-state index contributed by atoms with van der Waals surface area (Å²) in [6, 6.07) is 6.94. The Balaban J connectivity index is 2.88. The molecule has 0 heterocycles. The van der Waals surface area contributed by atoms with Crippen molar-refractivity contribution in [2.24, 2.45) is 0 Å². The van der Waals surface area contributed by atoms with Crippen LogP contribution >= 0.6 is 15.9 Å². The van der Waals surface area contributed by atoms with Gasteiger partial charge in [-0.2, -0.15) is 0 Å². The van der Waals surface area contributed by atoms with Crippen LogP contribution in [0.1, 0.15) is 31.9 Å². The molecule has 0 aliphatic heterocycles. The van der Waals surface area contributed by atoms with Crippen LogP contribution in [0.25, 0.3) is 0 Å². The van der Waals surface area contributed by atoms with Crippen LogP contribution in [0, 0.1) is 0 Å². The van der Waals surface area contributed by atoms with Gasteiger partial charge < -0.3 is 15.1 Å². The first-order valence-electron chi connectivity index (χ1n) is 7.34. The summed E-state index contributed by atoms with van der Waals surface area (Å²) in [5.41, 5.74) is 2.67. The van der Waals surface area contributed by atoms with Crippen molar-refractivity contribution in [3.8, 4) is 0 Å². The molecule has 0 saturated carbocycles. The molecule has 0 fully saturated rings. The van der Waals surface area contributed by atoms with E-state index in [0.29, 0.717) is 6.04 Å². The van der Waals surface area contributed by atoms with E-state index in [1.165, 1.54) is 11.3 Å². The first-order chi connectivity index (χ1) is 9.45. The fraction of sp³-hybridized carbons (Fsp3) is 0.625. The molecule has 0 saturated heterocycles. The lowest BCUT2D eigenvalue weighted by Gasteiger charge is -2.27. The molecular formula is C16H28BrN3. The first kappa shape index (κ1) is 17.5. The number of hydrogen-bond acceptors (Lipinski definition) is 3. The second-order valence-electron chi connectivity index (χ2n) is 5.60. The smallest absolute Gasteiger partial charge is 0.0423 e. The summed E-state index contributed by atoms with van der Waals surface area (Å²) in [6.45, 7) is 7.57. The summed E-state index contributed by atoms with van der Waals surface area (Å²) in [5, 5.41) is 3.58. The Labute approximate surface area is 132 Å². The molecule has 1 aromatic carbocycles. The number of halogens is 1.